The summed E-state index contributed by atoms with van der Waals surface area (Å²) in [5.41, 5.74) is 0. The second kappa shape index (κ2) is 3.93. The van der Waals surface area contributed by atoms with Gasteiger partial charge in [-0.25, -0.2) is 13.2 Å². The van der Waals surface area contributed by atoms with Crippen LogP contribution < -0.4 is 0 Å². The average Bonchev–Trinajstić information content (AvgIpc) is 1.87. The maximum Gasteiger partial charge on any atom is 0.193 e. The first-order valence-corrected chi connectivity index (χ1v) is 2.62. The molecule has 0 saturated carbocycles. The molecular formula is C7H7F3. The van der Waals surface area contributed by atoms with E-state index in [-0.39, 0.29) is 0 Å². The summed E-state index contributed by atoms with van der Waals surface area (Å²) in [6.07, 6.45) is 2.08. The smallest absolute Gasteiger partial charge is 0.193 e. The molecule has 0 nitrogen and oxygen atoms in total. The van der Waals surface area contributed by atoms with Gasteiger partial charge in [-0.3, -0.25) is 0 Å². The van der Waals surface area contributed by atoms with Crippen LogP contribution in [0.1, 0.15) is 6.92 Å². The van der Waals surface area contributed by atoms with E-state index in [1.165, 1.54) is 13.0 Å². The summed E-state index contributed by atoms with van der Waals surface area (Å²) in [6, 6.07) is 0. The highest BCUT2D eigenvalue weighted by Crippen LogP contribution is 2.17. The van der Waals surface area contributed by atoms with Gasteiger partial charge in [-0.1, -0.05) is 12.7 Å². The minimum absolute atomic E-state index is 0.820. The van der Waals surface area contributed by atoms with Crippen LogP contribution in [0.25, 0.3) is 0 Å². The lowest BCUT2D eigenvalue weighted by Crippen LogP contribution is -1.76. The monoisotopic (exact) mass is 148 g/mol. The predicted octanol–water partition coefficient (Wildman–Crippen LogP) is 3.20. The number of hydrogen-bond acceptors (Lipinski definition) is 0. The zero-order valence-electron chi connectivity index (χ0n) is 5.50. The quantitative estimate of drug-likeness (QED) is 0.527. The third-order valence-electron chi connectivity index (χ3n) is 0.761. The molecule has 0 heterocycles. The molecule has 0 aliphatic rings. The van der Waals surface area contributed by atoms with E-state index in [9.17, 15) is 13.2 Å². The summed E-state index contributed by atoms with van der Waals surface area (Å²) in [6.45, 7) is 4.08. The second-order valence-electron chi connectivity index (χ2n) is 1.57. The highest BCUT2D eigenvalue weighted by Gasteiger charge is 2.05. The fourth-order valence-corrected chi connectivity index (χ4v) is 0.349. The molecule has 0 N–H and O–H groups in total. The number of rotatable bonds is 2. The van der Waals surface area contributed by atoms with E-state index >= 15 is 0 Å². The summed E-state index contributed by atoms with van der Waals surface area (Å²) in [5, 5.41) is 0. The van der Waals surface area contributed by atoms with Crippen molar-refractivity contribution in [2.45, 2.75) is 6.92 Å². The minimum Gasteiger partial charge on any atom is -0.204 e. The van der Waals surface area contributed by atoms with Crippen LogP contribution >= 0.6 is 0 Å². The SMILES string of the molecule is C=C(F)/C(F)=C(F)\C=C/C. The van der Waals surface area contributed by atoms with E-state index in [0.29, 0.717) is 0 Å². The second-order valence-corrected chi connectivity index (χ2v) is 1.57. The molecule has 0 radical (unpaired) electrons. The van der Waals surface area contributed by atoms with Crippen molar-refractivity contribution in [3.63, 3.8) is 0 Å². The molecule has 0 aromatic heterocycles. The Hall–Kier alpha value is -0.990. The van der Waals surface area contributed by atoms with Gasteiger partial charge < -0.3 is 0 Å². The molecule has 0 aromatic carbocycles. The molecule has 0 saturated heterocycles. The topological polar surface area (TPSA) is 0 Å². The molecule has 3 heteroatoms. The van der Waals surface area contributed by atoms with Crippen molar-refractivity contribution in [1.82, 2.24) is 0 Å². The van der Waals surface area contributed by atoms with Crippen LogP contribution in [0.4, 0.5) is 13.2 Å². The van der Waals surface area contributed by atoms with Gasteiger partial charge in [0.2, 0.25) is 0 Å². The van der Waals surface area contributed by atoms with Crippen molar-refractivity contribution < 1.29 is 13.2 Å². The Kier molecular flexibility index (Phi) is 3.54. The van der Waals surface area contributed by atoms with Crippen LogP contribution in [0.3, 0.4) is 0 Å². The summed E-state index contributed by atoms with van der Waals surface area (Å²) in [5.74, 6) is -4.18. The average molecular weight is 148 g/mol. The van der Waals surface area contributed by atoms with E-state index in [1.54, 1.807) is 0 Å². The first kappa shape index (κ1) is 9.01. The van der Waals surface area contributed by atoms with Gasteiger partial charge in [0, 0.05) is 0 Å². The molecule has 0 bridgehead atoms. The Balaban J connectivity index is 4.50. The summed E-state index contributed by atoms with van der Waals surface area (Å²) >= 11 is 0. The van der Waals surface area contributed by atoms with Crippen molar-refractivity contribution in [2.24, 2.45) is 0 Å². The van der Waals surface area contributed by atoms with Gasteiger partial charge in [0.25, 0.3) is 0 Å². The molecule has 0 aromatic rings. The van der Waals surface area contributed by atoms with E-state index in [4.69, 9.17) is 0 Å². The summed E-state index contributed by atoms with van der Waals surface area (Å²) in [7, 11) is 0. The molecule has 0 rings (SSSR count). The maximum atomic E-state index is 12.2. The Bertz CT molecular complexity index is 189. The van der Waals surface area contributed by atoms with Gasteiger partial charge in [0.1, 0.15) is 0 Å². The van der Waals surface area contributed by atoms with Gasteiger partial charge in [-0.2, -0.15) is 0 Å². The van der Waals surface area contributed by atoms with Crippen LogP contribution in [0.5, 0.6) is 0 Å². The number of allylic oxidation sites excluding steroid dienone is 5. The largest absolute Gasteiger partial charge is 0.204 e. The van der Waals surface area contributed by atoms with Gasteiger partial charge in [-0.15, -0.1) is 0 Å². The maximum absolute atomic E-state index is 12.2. The van der Waals surface area contributed by atoms with Crippen molar-refractivity contribution in [3.05, 3.63) is 36.2 Å². The third-order valence-corrected chi connectivity index (χ3v) is 0.761. The highest BCUT2D eigenvalue weighted by molar-refractivity contribution is 5.25. The van der Waals surface area contributed by atoms with Crippen LogP contribution in [0.15, 0.2) is 36.2 Å². The van der Waals surface area contributed by atoms with Gasteiger partial charge in [0.15, 0.2) is 17.5 Å². The molecule has 0 fully saturated rings. The molecule has 0 aliphatic carbocycles. The number of halogens is 3. The van der Waals surface area contributed by atoms with E-state index in [1.807, 2.05) is 0 Å². The van der Waals surface area contributed by atoms with Crippen molar-refractivity contribution in [2.75, 3.05) is 0 Å². The number of hydrogen-bond donors (Lipinski definition) is 0. The zero-order valence-corrected chi connectivity index (χ0v) is 5.50. The van der Waals surface area contributed by atoms with Crippen LogP contribution in [0.2, 0.25) is 0 Å². The van der Waals surface area contributed by atoms with Crippen LogP contribution in [-0.4, -0.2) is 0 Å². The van der Waals surface area contributed by atoms with Crippen molar-refractivity contribution in [1.29, 1.82) is 0 Å². The molecule has 0 aliphatic heterocycles. The van der Waals surface area contributed by atoms with E-state index < -0.39 is 17.5 Å². The zero-order chi connectivity index (χ0) is 8.15. The molecule has 0 unspecified atom stereocenters. The van der Waals surface area contributed by atoms with Crippen LogP contribution in [-0.2, 0) is 0 Å². The van der Waals surface area contributed by atoms with Crippen LogP contribution in [0, 0.1) is 0 Å². The van der Waals surface area contributed by atoms with Gasteiger partial charge in [0.05, 0.1) is 0 Å². The standard InChI is InChI=1S/C7H7F3/c1-3-4-6(9)7(10)5(2)8/h3-4H,2H2,1H3/b4-3-,7-6-. The van der Waals surface area contributed by atoms with E-state index in [2.05, 4.69) is 6.58 Å². The molecule has 56 valence electrons. The predicted molar refractivity (Wildman–Crippen MR) is 34.3 cm³/mol. The normalized spacial score (nSPS) is 13.6. The lowest BCUT2D eigenvalue weighted by Gasteiger charge is -1.89. The Morgan fingerprint density at radius 2 is 1.80 bits per heavy atom. The fraction of sp³-hybridized carbons (Fsp3) is 0.143. The molecule has 0 atom stereocenters. The lowest BCUT2D eigenvalue weighted by molar-refractivity contribution is 0.506. The lowest BCUT2D eigenvalue weighted by atomic mass is 10.4. The molecular weight excluding hydrogens is 141 g/mol. The Morgan fingerprint density at radius 1 is 1.30 bits per heavy atom. The fourth-order valence-electron chi connectivity index (χ4n) is 0.349. The molecule has 0 spiro atoms. The molecule has 0 amide bonds. The van der Waals surface area contributed by atoms with E-state index in [0.717, 1.165) is 6.08 Å². The third kappa shape index (κ3) is 2.53. The highest BCUT2D eigenvalue weighted by atomic mass is 19.2. The summed E-state index contributed by atoms with van der Waals surface area (Å²) in [4.78, 5) is 0. The first-order chi connectivity index (χ1) is 4.59. The van der Waals surface area contributed by atoms with Gasteiger partial charge >= 0.3 is 0 Å². The van der Waals surface area contributed by atoms with Crippen molar-refractivity contribution in [3.8, 4) is 0 Å². The molecule has 10 heavy (non-hydrogen) atoms. The summed E-state index contributed by atoms with van der Waals surface area (Å²) < 4.78 is 36.0. The Labute approximate surface area is 57.4 Å². The minimum atomic E-state index is -1.54. The Morgan fingerprint density at radius 3 is 2.10 bits per heavy atom. The first-order valence-electron chi connectivity index (χ1n) is 2.62. The van der Waals surface area contributed by atoms with Gasteiger partial charge in [-0.05, 0) is 13.0 Å². The van der Waals surface area contributed by atoms with Crippen molar-refractivity contribution >= 4 is 0 Å².